The maximum atomic E-state index is 8.88. The monoisotopic (exact) mass is 179 g/mol. The molecule has 0 rings (SSSR count). The molecule has 0 saturated carbocycles. The molecule has 0 fully saturated rings. The molecule has 0 heterocycles. The summed E-state index contributed by atoms with van der Waals surface area (Å²) in [5.74, 6) is 0. The highest BCUT2D eigenvalue weighted by Gasteiger charge is 2.00. The molecule has 0 amide bonds. The van der Waals surface area contributed by atoms with Crippen LogP contribution in [0.4, 0.5) is 0 Å². The second kappa shape index (κ2) is 16.0. The average molecular weight is 179 g/mol. The second-order valence-corrected chi connectivity index (χ2v) is 1.54. The van der Waals surface area contributed by atoms with E-state index in [-0.39, 0.29) is 18.5 Å². The average Bonchev–Trinajstić information content (AvgIpc) is 1.36. The van der Waals surface area contributed by atoms with Gasteiger partial charge in [0.25, 0.3) is 0 Å². The molecule has 7 nitrogen and oxygen atoms in total. The van der Waals surface area contributed by atoms with Crippen molar-refractivity contribution in [2.75, 3.05) is 0 Å². The summed E-state index contributed by atoms with van der Waals surface area (Å²) in [6.07, 6.45) is 0. The minimum atomic E-state index is -4.64. The molecule has 0 aromatic heterocycles. The minimum Gasteiger partial charge on any atom is -0.344 e. The van der Waals surface area contributed by atoms with E-state index in [4.69, 9.17) is 19.2 Å². The fraction of sp³-hybridized carbons (Fsp3) is 1.00. The van der Waals surface area contributed by atoms with Crippen LogP contribution < -0.4 is 18.5 Å². The van der Waals surface area contributed by atoms with Gasteiger partial charge in [-0.1, -0.05) is 13.8 Å². The van der Waals surface area contributed by atoms with E-state index in [1.54, 1.807) is 0 Å². The molecule has 0 saturated heterocycles. The molecule has 0 aliphatic carbocycles. The highest BCUT2D eigenvalue weighted by atomic mass is 31.2. The van der Waals surface area contributed by atoms with E-state index in [0.29, 0.717) is 0 Å². The fourth-order valence-electron chi connectivity index (χ4n) is 0. The van der Waals surface area contributed by atoms with Crippen LogP contribution in [-0.4, -0.2) is 14.7 Å². The molecule has 70 valence electrons. The quantitative estimate of drug-likeness (QED) is 0.293. The molecule has 10 heavy (non-hydrogen) atoms. The molecule has 0 aliphatic heterocycles. The van der Waals surface area contributed by atoms with Crippen LogP contribution in [0.5, 0.6) is 0 Å². The summed E-state index contributed by atoms with van der Waals surface area (Å²) in [6.45, 7) is 4.00. The Morgan fingerprint density at radius 3 is 0.900 bits per heavy atom. The first-order valence-electron chi connectivity index (χ1n) is 1.78. The van der Waals surface area contributed by atoms with Gasteiger partial charge in [-0.05, 0) is 0 Å². The van der Waals surface area contributed by atoms with E-state index in [1.165, 1.54) is 0 Å². The fourth-order valence-corrected chi connectivity index (χ4v) is 0. The molecule has 0 radical (unpaired) electrons. The van der Waals surface area contributed by atoms with E-state index >= 15 is 0 Å². The predicted octanol–water partition coefficient (Wildman–Crippen LogP) is 0.584. The van der Waals surface area contributed by atoms with Gasteiger partial charge in [0.1, 0.15) is 0 Å². The zero-order valence-corrected chi connectivity index (χ0v) is 7.21. The van der Waals surface area contributed by atoms with Gasteiger partial charge in [-0.25, -0.2) is 4.57 Å². The number of phosphoric acid groups is 1. The molecule has 0 unspecified atom stereocenters. The van der Waals surface area contributed by atoms with Crippen LogP contribution in [0, 0.1) is 0 Å². The summed E-state index contributed by atoms with van der Waals surface area (Å²) in [5, 5.41) is 0. The van der Waals surface area contributed by atoms with Gasteiger partial charge in [-0.15, -0.1) is 0 Å². The lowest BCUT2D eigenvalue weighted by Gasteiger charge is -1.82. The van der Waals surface area contributed by atoms with Crippen LogP contribution in [0.15, 0.2) is 0 Å². The van der Waals surface area contributed by atoms with Crippen LogP contribution in [0.2, 0.25) is 0 Å². The van der Waals surface area contributed by atoms with Gasteiger partial charge in [-0.3, -0.25) is 0 Å². The van der Waals surface area contributed by atoms with E-state index in [1.807, 2.05) is 13.8 Å². The van der Waals surface area contributed by atoms with Crippen LogP contribution in [-0.2, 0) is 4.57 Å². The van der Waals surface area contributed by atoms with Crippen molar-refractivity contribution in [2.45, 2.75) is 13.8 Å². The molecule has 12 N–H and O–H groups in total. The van der Waals surface area contributed by atoms with Crippen molar-refractivity contribution in [3.05, 3.63) is 0 Å². The van der Waals surface area contributed by atoms with Crippen molar-refractivity contribution in [2.24, 2.45) is 0 Å². The Bertz CT molecular complexity index is 64.6. The Morgan fingerprint density at radius 1 is 0.900 bits per heavy atom. The summed E-state index contributed by atoms with van der Waals surface area (Å²) >= 11 is 0. The van der Waals surface area contributed by atoms with Crippen molar-refractivity contribution >= 4 is 7.82 Å². The Hall–Kier alpha value is -0.0100. The van der Waals surface area contributed by atoms with Crippen LogP contribution >= 0.6 is 7.82 Å². The van der Waals surface area contributed by atoms with Gasteiger partial charge in [0.05, 0.1) is 0 Å². The summed E-state index contributed by atoms with van der Waals surface area (Å²) in [6, 6.07) is 0. The van der Waals surface area contributed by atoms with Crippen LogP contribution in [0.25, 0.3) is 0 Å². The van der Waals surface area contributed by atoms with Crippen LogP contribution in [0.3, 0.4) is 0 Å². The standard InChI is InChI=1S/C2H6.3H3N.H3O4P/c1-2;;;;1-5(2,3)4/h1-2H3;3*1H3;(H3,1,2,3,4). The molecule has 0 aliphatic rings. The highest BCUT2D eigenvalue weighted by molar-refractivity contribution is 7.45. The zero-order valence-electron chi connectivity index (χ0n) is 6.32. The van der Waals surface area contributed by atoms with Crippen molar-refractivity contribution in [1.29, 1.82) is 0 Å². The Labute approximate surface area is 60.4 Å². The van der Waals surface area contributed by atoms with Gasteiger partial charge in [-0.2, -0.15) is 0 Å². The Morgan fingerprint density at radius 2 is 0.900 bits per heavy atom. The number of rotatable bonds is 0. The molecule has 0 aromatic rings. The predicted molar refractivity (Wildman–Crippen MR) is 40.7 cm³/mol. The van der Waals surface area contributed by atoms with Gasteiger partial charge in [0.15, 0.2) is 0 Å². The largest absolute Gasteiger partial charge is 0.466 e. The van der Waals surface area contributed by atoms with Crippen molar-refractivity contribution in [3.8, 4) is 0 Å². The highest BCUT2D eigenvalue weighted by Crippen LogP contribution is 2.25. The molecular formula is C2H18N3O4P. The van der Waals surface area contributed by atoms with Gasteiger partial charge < -0.3 is 33.1 Å². The summed E-state index contributed by atoms with van der Waals surface area (Å²) < 4.78 is 8.88. The van der Waals surface area contributed by atoms with E-state index in [9.17, 15) is 0 Å². The van der Waals surface area contributed by atoms with Crippen molar-refractivity contribution in [3.63, 3.8) is 0 Å². The third-order valence-electron chi connectivity index (χ3n) is 0. The van der Waals surface area contributed by atoms with E-state index < -0.39 is 7.82 Å². The lowest BCUT2D eigenvalue weighted by atomic mass is 11.0. The summed E-state index contributed by atoms with van der Waals surface area (Å²) in [5.41, 5.74) is 0. The second-order valence-electron chi connectivity index (χ2n) is 0.513. The van der Waals surface area contributed by atoms with Gasteiger partial charge in [0.2, 0.25) is 0 Å². The summed E-state index contributed by atoms with van der Waals surface area (Å²) in [4.78, 5) is 21.6. The molecule has 0 bridgehead atoms. The number of hydrogen-bond acceptors (Lipinski definition) is 4. The Kier molecular flexibility index (Phi) is 51.9. The maximum Gasteiger partial charge on any atom is 0.466 e. The molecule has 0 spiro atoms. The van der Waals surface area contributed by atoms with E-state index in [0.717, 1.165) is 0 Å². The molecule has 0 atom stereocenters. The molecule has 0 aromatic carbocycles. The topological polar surface area (TPSA) is 183 Å². The lowest BCUT2D eigenvalue weighted by molar-refractivity contribution is 0.275. The first-order chi connectivity index (χ1) is 3.00. The normalized spacial score (nSPS) is 6.50. The SMILES string of the molecule is CC.N.N.N.O=P(O)(O)O. The third-order valence-corrected chi connectivity index (χ3v) is 0. The third kappa shape index (κ3) is 3900000. The lowest BCUT2D eigenvalue weighted by Crippen LogP contribution is -1.66. The van der Waals surface area contributed by atoms with E-state index in [2.05, 4.69) is 0 Å². The molecular weight excluding hydrogens is 161 g/mol. The zero-order chi connectivity index (χ0) is 6.50. The van der Waals surface area contributed by atoms with Crippen LogP contribution in [0.1, 0.15) is 13.8 Å². The minimum absolute atomic E-state index is 0. The van der Waals surface area contributed by atoms with Crippen molar-refractivity contribution < 1.29 is 19.2 Å². The molecule has 8 heteroatoms. The summed E-state index contributed by atoms with van der Waals surface area (Å²) in [7, 11) is -4.64. The number of hydrogen-bond donors (Lipinski definition) is 6. The van der Waals surface area contributed by atoms with Gasteiger partial charge in [0, 0.05) is 0 Å². The van der Waals surface area contributed by atoms with Gasteiger partial charge >= 0.3 is 7.82 Å². The Balaban J connectivity index is -0.0000000154. The van der Waals surface area contributed by atoms with Crippen molar-refractivity contribution in [1.82, 2.24) is 18.5 Å². The first-order valence-corrected chi connectivity index (χ1v) is 3.35. The smallest absolute Gasteiger partial charge is 0.344 e. The maximum absolute atomic E-state index is 8.88. The first kappa shape index (κ1) is 32.4.